The molecule has 0 fully saturated rings. The van der Waals surface area contributed by atoms with Crippen molar-refractivity contribution >= 4 is 0 Å². The van der Waals surface area contributed by atoms with Crippen LogP contribution in [0.25, 0.3) is 55.6 Å². The number of benzene rings is 8. The molecule has 0 spiro atoms. The summed E-state index contributed by atoms with van der Waals surface area (Å²) in [5, 5.41) is 0. The normalized spacial score (nSPS) is 11.6. The lowest BCUT2D eigenvalue weighted by Gasteiger charge is -2.11. The molecule has 8 aromatic carbocycles. The molecular formula is C54H46. The highest BCUT2D eigenvalue weighted by Crippen LogP contribution is 2.42. The van der Waals surface area contributed by atoms with E-state index in [0.717, 1.165) is 12.8 Å². The van der Waals surface area contributed by atoms with Crippen molar-refractivity contribution in [1.29, 1.82) is 0 Å². The van der Waals surface area contributed by atoms with Gasteiger partial charge in [0.25, 0.3) is 0 Å². The fourth-order valence-electron chi connectivity index (χ4n) is 8.08. The first-order valence-electron chi connectivity index (χ1n) is 19.1. The van der Waals surface area contributed by atoms with Crippen molar-refractivity contribution in [2.24, 2.45) is 0 Å². The van der Waals surface area contributed by atoms with Gasteiger partial charge in [-0.2, -0.15) is 0 Å². The van der Waals surface area contributed by atoms with Crippen molar-refractivity contribution in [3.05, 3.63) is 226 Å². The third-order valence-corrected chi connectivity index (χ3v) is 10.8. The minimum absolute atomic E-state index is 1.02. The van der Waals surface area contributed by atoms with Crippen LogP contribution in [0.3, 0.4) is 0 Å². The van der Waals surface area contributed by atoms with E-state index < -0.39 is 0 Å². The molecule has 0 atom stereocenters. The highest BCUT2D eigenvalue weighted by molar-refractivity contribution is 5.86. The number of hydrogen-bond acceptors (Lipinski definition) is 0. The molecule has 2 aliphatic carbocycles. The van der Waals surface area contributed by atoms with Crippen LogP contribution in [0.1, 0.15) is 44.5 Å². The van der Waals surface area contributed by atoms with Crippen LogP contribution in [0.15, 0.2) is 182 Å². The van der Waals surface area contributed by atoms with Crippen LogP contribution in [0.4, 0.5) is 0 Å². The van der Waals surface area contributed by atoms with E-state index in [1.807, 2.05) is 0 Å². The summed E-state index contributed by atoms with van der Waals surface area (Å²) in [5.41, 5.74) is 24.6. The number of rotatable bonds is 3. The molecule has 0 heterocycles. The Morgan fingerprint density at radius 3 is 1.19 bits per heavy atom. The summed E-state index contributed by atoms with van der Waals surface area (Å²) >= 11 is 0. The molecule has 0 bridgehead atoms. The molecule has 0 aromatic heterocycles. The molecule has 0 aliphatic heterocycles. The molecule has 0 unspecified atom stereocenters. The van der Waals surface area contributed by atoms with E-state index in [4.69, 9.17) is 0 Å². The Kier molecular flexibility index (Phi) is 9.93. The lowest BCUT2D eigenvalue weighted by atomic mass is 9.93. The minimum atomic E-state index is 1.02. The van der Waals surface area contributed by atoms with Crippen molar-refractivity contribution < 1.29 is 0 Å². The van der Waals surface area contributed by atoms with E-state index in [1.54, 1.807) is 0 Å². The Morgan fingerprint density at radius 1 is 0.278 bits per heavy atom. The fraction of sp³-hybridized carbons (Fsp3) is 0.111. The van der Waals surface area contributed by atoms with Crippen LogP contribution in [-0.4, -0.2) is 0 Å². The van der Waals surface area contributed by atoms with E-state index in [9.17, 15) is 0 Å². The molecule has 0 N–H and O–H groups in total. The van der Waals surface area contributed by atoms with Crippen LogP contribution in [0, 0.1) is 27.7 Å². The van der Waals surface area contributed by atoms with Crippen LogP contribution >= 0.6 is 0 Å². The average molecular weight is 695 g/mol. The largest absolute Gasteiger partial charge is 0.0619 e. The molecule has 0 radical (unpaired) electrons. The zero-order valence-corrected chi connectivity index (χ0v) is 31.7. The maximum Gasteiger partial charge on any atom is -0.000729 e. The molecule has 54 heavy (non-hydrogen) atoms. The highest BCUT2D eigenvalue weighted by Gasteiger charge is 2.21. The Labute approximate surface area is 321 Å². The van der Waals surface area contributed by atoms with Gasteiger partial charge in [0.15, 0.2) is 0 Å². The van der Waals surface area contributed by atoms with Gasteiger partial charge in [-0.1, -0.05) is 193 Å². The molecule has 8 aromatic rings. The summed E-state index contributed by atoms with van der Waals surface area (Å²) in [5.74, 6) is 0. The second-order valence-corrected chi connectivity index (χ2v) is 14.8. The van der Waals surface area contributed by atoms with E-state index in [1.165, 1.54) is 100 Å². The predicted molar refractivity (Wildman–Crippen MR) is 231 cm³/mol. The van der Waals surface area contributed by atoms with Gasteiger partial charge in [0.1, 0.15) is 0 Å². The van der Waals surface area contributed by atoms with Crippen LogP contribution in [0.5, 0.6) is 0 Å². The van der Waals surface area contributed by atoms with Gasteiger partial charge >= 0.3 is 0 Å². The summed E-state index contributed by atoms with van der Waals surface area (Å²) < 4.78 is 0. The smallest absolute Gasteiger partial charge is 0.000729 e. The average Bonchev–Trinajstić information content (AvgIpc) is 3.78. The maximum absolute atomic E-state index is 2.33. The second kappa shape index (κ2) is 15.4. The molecule has 0 saturated carbocycles. The van der Waals surface area contributed by atoms with Crippen molar-refractivity contribution in [3.8, 4) is 55.6 Å². The molecule has 0 nitrogen and oxygen atoms in total. The Hall–Kier alpha value is -6.24. The van der Waals surface area contributed by atoms with E-state index in [0.29, 0.717) is 0 Å². The minimum Gasteiger partial charge on any atom is -0.0619 e. The van der Waals surface area contributed by atoms with Crippen LogP contribution in [-0.2, 0) is 12.8 Å². The summed E-state index contributed by atoms with van der Waals surface area (Å²) in [6, 6.07) is 65.6. The van der Waals surface area contributed by atoms with Gasteiger partial charge in [0, 0.05) is 0 Å². The molecular weight excluding hydrogens is 649 g/mol. The second-order valence-electron chi connectivity index (χ2n) is 14.8. The molecule has 0 amide bonds. The van der Waals surface area contributed by atoms with E-state index in [2.05, 4.69) is 210 Å². The Balaban J connectivity index is 0.000000125. The molecule has 2 aliphatic rings. The maximum atomic E-state index is 2.33. The van der Waals surface area contributed by atoms with Crippen molar-refractivity contribution in [2.75, 3.05) is 0 Å². The Morgan fingerprint density at radius 2 is 0.648 bits per heavy atom. The Bertz CT molecular complexity index is 2560. The number of fused-ring (bicyclic) bond motifs is 6. The summed E-state index contributed by atoms with van der Waals surface area (Å²) in [4.78, 5) is 0. The third kappa shape index (κ3) is 7.34. The van der Waals surface area contributed by atoms with Gasteiger partial charge in [-0.05, 0) is 130 Å². The zero-order chi connectivity index (χ0) is 37.0. The predicted octanol–water partition coefficient (Wildman–Crippen LogP) is 14.4. The van der Waals surface area contributed by atoms with Gasteiger partial charge in [-0.3, -0.25) is 0 Å². The first-order valence-corrected chi connectivity index (χ1v) is 19.1. The van der Waals surface area contributed by atoms with Crippen LogP contribution in [0.2, 0.25) is 0 Å². The molecule has 0 heteroatoms. The van der Waals surface area contributed by atoms with E-state index >= 15 is 0 Å². The third-order valence-electron chi connectivity index (χ3n) is 10.8. The molecule has 10 rings (SSSR count). The summed E-state index contributed by atoms with van der Waals surface area (Å²) in [6.45, 7) is 8.60. The number of aryl methyl sites for hydroxylation is 4. The summed E-state index contributed by atoms with van der Waals surface area (Å²) in [7, 11) is 0. The van der Waals surface area contributed by atoms with Crippen molar-refractivity contribution in [3.63, 3.8) is 0 Å². The lowest BCUT2D eigenvalue weighted by Crippen LogP contribution is -1.89. The topological polar surface area (TPSA) is 0 Å². The quantitative estimate of drug-likeness (QED) is 0.173. The highest BCUT2D eigenvalue weighted by atomic mass is 14.2. The first-order chi connectivity index (χ1) is 26.4. The van der Waals surface area contributed by atoms with Gasteiger partial charge in [-0.15, -0.1) is 0 Å². The fourth-order valence-corrected chi connectivity index (χ4v) is 8.08. The molecule has 0 saturated heterocycles. The lowest BCUT2D eigenvalue weighted by molar-refractivity contribution is 1.22. The van der Waals surface area contributed by atoms with Gasteiger partial charge < -0.3 is 0 Å². The van der Waals surface area contributed by atoms with Gasteiger partial charge in [0.2, 0.25) is 0 Å². The van der Waals surface area contributed by atoms with Gasteiger partial charge in [0.05, 0.1) is 0 Å². The standard InChI is InChI=1S/C26H20.C14H12.C14H14/c1-18-7-4-9-19(15-18)20-10-5-11-21(16-20)24-13-6-14-25-23-12-3-2-8-22(23)17-26(24)25;1-10-5-4-8-13-12-7-3-2-6-11(12)9-14(10)13;1-11-5-3-7-13(9-11)14-8-4-6-12(2)10-14/h2-16H,17H2,1H3;2-8H,9H2,1H3;3-10H,1-2H3. The van der Waals surface area contributed by atoms with Gasteiger partial charge in [-0.25, -0.2) is 0 Å². The zero-order valence-electron chi connectivity index (χ0n) is 31.7. The number of hydrogen-bond donors (Lipinski definition) is 0. The van der Waals surface area contributed by atoms with Crippen molar-refractivity contribution in [2.45, 2.75) is 40.5 Å². The first kappa shape index (κ1) is 34.8. The molecule has 262 valence electrons. The van der Waals surface area contributed by atoms with Crippen molar-refractivity contribution in [1.82, 2.24) is 0 Å². The monoisotopic (exact) mass is 694 g/mol. The van der Waals surface area contributed by atoms with E-state index in [-0.39, 0.29) is 0 Å². The SMILES string of the molecule is Cc1cccc(-c2cccc(-c3cccc4c3Cc3ccccc3-4)c2)c1.Cc1cccc(-c2cccc(C)c2)c1.Cc1cccc2c1Cc1ccccc1-2. The summed E-state index contributed by atoms with van der Waals surface area (Å²) in [6.07, 6.45) is 2.13. The van der Waals surface area contributed by atoms with Crippen LogP contribution < -0.4 is 0 Å².